The fourth-order valence-corrected chi connectivity index (χ4v) is 2.70. The minimum Gasteiger partial charge on any atom is -0.282 e. The van der Waals surface area contributed by atoms with E-state index in [-0.39, 0.29) is 5.54 Å². The van der Waals surface area contributed by atoms with E-state index in [2.05, 4.69) is 61.2 Å². The molecule has 0 amide bonds. The van der Waals surface area contributed by atoms with Crippen LogP contribution in [0.15, 0.2) is 60.7 Å². The van der Waals surface area contributed by atoms with Crippen molar-refractivity contribution < 1.29 is 0 Å². The number of nitrogens with zero attached hydrogens (tertiary/aromatic N) is 1. The summed E-state index contributed by atoms with van der Waals surface area (Å²) in [6, 6.07) is 20.8. The lowest BCUT2D eigenvalue weighted by Gasteiger charge is -2.37. The van der Waals surface area contributed by atoms with Crippen LogP contribution in [0.1, 0.15) is 24.5 Å². The summed E-state index contributed by atoms with van der Waals surface area (Å²) in [7, 11) is 2.10. The maximum Gasteiger partial charge on any atom is 0.108 e. The Labute approximate surface area is 122 Å². The first-order chi connectivity index (χ1) is 9.73. The summed E-state index contributed by atoms with van der Waals surface area (Å²) in [5, 5.41) is 0. The Morgan fingerprint density at radius 2 is 1.55 bits per heavy atom. The van der Waals surface area contributed by atoms with Crippen LogP contribution >= 0.6 is 0 Å². The Balaban J connectivity index is 2.32. The second-order valence-electron chi connectivity index (χ2n) is 5.07. The molecule has 0 bridgehead atoms. The molecule has 2 rings (SSSR count). The molecule has 0 N–H and O–H groups in total. The molecule has 0 aliphatic rings. The molecule has 102 valence electrons. The van der Waals surface area contributed by atoms with Crippen LogP contribution in [0.4, 0.5) is 0 Å². The third-order valence-electron chi connectivity index (χ3n) is 3.92. The normalized spacial score (nSPS) is 13.7. The monoisotopic (exact) mass is 263 g/mol. The van der Waals surface area contributed by atoms with E-state index in [1.54, 1.807) is 0 Å². The van der Waals surface area contributed by atoms with Crippen molar-refractivity contribution in [3.8, 4) is 12.3 Å². The van der Waals surface area contributed by atoms with Gasteiger partial charge in [0.05, 0.1) is 0 Å². The minimum atomic E-state index is -0.350. The summed E-state index contributed by atoms with van der Waals surface area (Å²) in [4.78, 5) is 2.26. The van der Waals surface area contributed by atoms with Gasteiger partial charge in [-0.25, -0.2) is 0 Å². The fraction of sp³-hybridized carbons (Fsp3) is 0.263. The SMILES string of the molecule is C#CC(CC)(c1ccccc1)N(C)Cc1ccccc1. The van der Waals surface area contributed by atoms with Gasteiger partial charge in [0.1, 0.15) is 5.54 Å². The van der Waals surface area contributed by atoms with Crippen molar-refractivity contribution in [2.75, 3.05) is 7.05 Å². The summed E-state index contributed by atoms with van der Waals surface area (Å²) in [6.07, 6.45) is 6.80. The predicted molar refractivity (Wildman–Crippen MR) is 85.2 cm³/mol. The standard InChI is InChI=1S/C19H21N/c1-4-19(5-2,18-14-10-7-11-15-18)20(3)16-17-12-8-6-9-13-17/h1,6-15H,5,16H2,2-3H3. The van der Waals surface area contributed by atoms with Gasteiger partial charge in [-0.15, -0.1) is 6.42 Å². The molecule has 1 heteroatoms. The first kappa shape index (κ1) is 14.4. The maximum absolute atomic E-state index is 5.91. The molecule has 0 aromatic heterocycles. The summed E-state index contributed by atoms with van der Waals surface area (Å²) in [6.45, 7) is 2.99. The van der Waals surface area contributed by atoms with E-state index in [9.17, 15) is 0 Å². The summed E-state index contributed by atoms with van der Waals surface area (Å²) in [5.74, 6) is 3.03. The van der Waals surface area contributed by atoms with Crippen molar-refractivity contribution in [1.29, 1.82) is 0 Å². The highest BCUT2D eigenvalue weighted by molar-refractivity contribution is 5.33. The Morgan fingerprint density at radius 3 is 2.05 bits per heavy atom. The lowest BCUT2D eigenvalue weighted by molar-refractivity contribution is 0.163. The molecule has 1 nitrogen and oxygen atoms in total. The molecular formula is C19H21N. The van der Waals surface area contributed by atoms with E-state index < -0.39 is 0 Å². The first-order valence-electron chi connectivity index (χ1n) is 7.01. The van der Waals surface area contributed by atoms with Gasteiger partial charge in [-0.05, 0) is 24.6 Å². The van der Waals surface area contributed by atoms with Gasteiger partial charge in [0, 0.05) is 6.54 Å². The molecule has 2 aromatic carbocycles. The van der Waals surface area contributed by atoms with Crippen molar-refractivity contribution >= 4 is 0 Å². The van der Waals surface area contributed by atoms with Gasteiger partial charge in [0.2, 0.25) is 0 Å². The van der Waals surface area contributed by atoms with Crippen LogP contribution in [-0.2, 0) is 12.1 Å². The predicted octanol–water partition coefficient (Wildman–Crippen LogP) is 4.06. The Morgan fingerprint density at radius 1 is 1.00 bits per heavy atom. The molecule has 2 aromatic rings. The molecule has 1 unspecified atom stereocenters. The molecule has 0 radical (unpaired) electrons. The zero-order valence-electron chi connectivity index (χ0n) is 12.2. The van der Waals surface area contributed by atoms with Crippen molar-refractivity contribution in [2.45, 2.75) is 25.4 Å². The zero-order valence-corrected chi connectivity index (χ0v) is 12.2. The summed E-state index contributed by atoms with van der Waals surface area (Å²) >= 11 is 0. The topological polar surface area (TPSA) is 3.24 Å². The molecular weight excluding hydrogens is 242 g/mol. The number of terminal acetylenes is 1. The quantitative estimate of drug-likeness (QED) is 0.735. The van der Waals surface area contributed by atoms with Crippen LogP contribution in [0.5, 0.6) is 0 Å². The van der Waals surface area contributed by atoms with Gasteiger partial charge in [-0.2, -0.15) is 0 Å². The average Bonchev–Trinajstić information content (AvgIpc) is 2.51. The highest BCUT2D eigenvalue weighted by atomic mass is 15.2. The van der Waals surface area contributed by atoms with Gasteiger partial charge < -0.3 is 0 Å². The van der Waals surface area contributed by atoms with E-state index in [4.69, 9.17) is 6.42 Å². The molecule has 0 fully saturated rings. The number of hydrogen-bond acceptors (Lipinski definition) is 1. The van der Waals surface area contributed by atoms with Gasteiger partial charge in [0.15, 0.2) is 0 Å². The highest BCUT2D eigenvalue weighted by Gasteiger charge is 2.32. The molecule has 20 heavy (non-hydrogen) atoms. The Bertz CT molecular complexity index is 568. The lowest BCUT2D eigenvalue weighted by Crippen LogP contribution is -2.41. The fourth-order valence-electron chi connectivity index (χ4n) is 2.70. The minimum absolute atomic E-state index is 0.350. The third kappa shape index (κ3) is 2.76. The summed E-state index contributed by atoms with van der Waals surface area (Å²) in [5.41, 5.74) is 2.11. The van der Waals surface area contributed by atoms with Crippen molar-refractivity contribution in [3.05, 3.63) is 71.8 Å². The third-order valence-corrected chi connectivity index (χ3v) is 3.92. The second-order valence-corrected chi connectivity index (χ2v) is 5.07. The molecule has 0 heterocycles. The number of rotatable bonds is 5. The van der Waals surface area contributed by atoms with Crippen LogP contribution in [0.25, 0.3) is 0 Å². The smallest absolute Gasteiger partial charge is 0.108 e. The van der Waals surface area contributed by atoms with Crippen LogP contribution in [-0.4, -0.2) is 11.9 Å². The largest absolute Gasteiger partial charge is 0.282 e. The molecule has 0 aliphatic carbocycles. The number of benzene rings is 2. The lowest BCUT2D eigenvalue weighted by atomic mass is 9.86. The maximum atomic E-state index is 5.91. The van der Waals surface area contributed by atoms with Crippen molar-refractivity contribution in [3.63, 3.8) is 0 Å². The Kier molecular flexibility index (Phi) is 4.61. The first-order valence-corrected chi connectivity index (χ1v) is 7.01. The van der Waals surface area contributed by atoms with E-state index in [0.29, 0.717) is 0 Å². The summed E-state index contributed by atoms with van der Waals surface area (Å²) < 4.78 is 0. The molecule has 1 atom stereocenters. The van der Waals surface area contributed by atoms with E-state index in [1.807, 2.05) is 24.3 Å². The van der Waals surface area contributed by atoms with Gasteiger partial charge in [0.25, 0.3) is 0 Å². The van der Waals surface area contributed by atoms with E-state index in [1.165, 1.54) is 11.1 Å². The molecule has 0 aliphatic heterocycles. The van der Waals surface area contributed by atoms with Crippen LogP contribution in [0.3, 0.4) is 0 Å². The molecule has 0 spiro atoms. The average molecular weight is 263 g/mol. The highest BCUT2D eigenvalue weighted by Crippen LogP contribution is 2.31. The van der Waals surface area contributed by atoms with Gasteiger partial charge in [-0.1, -0.05) is 73.5 Å². The van der Waals surface area contributed by atoms with E-state index >= 15 is 0 Å². The van der Waals surface area contributed by atoms with Crippen molar-refractivity contribution in [1.82, 2.24) is 4.90 Å². The van der Waals surface area contributed by atoms with Crippen LogP contribution < -0.4 is 0 Å². The zero-order chi connectivity index (χ0) is 14.4. The van der Waals surface area contributed by atoms with Crippen LogP contribution in [0, 0.1) is 12.3 Å². The van der Waals surface area contributed by atoms with E-state index in [0.717, 1.165) is 13.0 Å². The van der Waals surface area contributed by atoms with Crippen molar-refractivity contribution in [2.24, 2.45) is 0 Å². The number of hydrogen-bond donors (Lipinski definition) is 0. The second kappa shape index (κ2) is 6.41. The van der Waals surface area contributed by atoms with Gasteiger partial charge >= 0.3 is 0 Å². The Hall–Kier alpha value is -2.04. The molecule has 0 saturated heterocycles. The van der Waals surface area contributed by atoms with Gasteiger partial charge in [-0.3, -0.25) is 4.90 Å². The van der Waals surface area contributed by atoms with Crippen LogP contribution in [0.2, 0.25) is 0 Å². The molecule has 0 saturated carbocycles.